The predicted octanol–water partition coefficient (Wildman–Crippen LogP) is 3.28. The van der Waals surface area contributed by atoms with Crippen LogP contribution < -0.4 is 0 Å². The Morgan fingerprint density at radius 3 is 2.46 bits per heavy atom. The van der Waals surface area contributed by atoms with Crippen molar-refractivity contribution < 1.29 is 9.50 Å². The molecule has 1 rings (SSSR count). The van der Waals surface area contributed by atoms with Gasteiger partial charge in [-0.15, -0.1) is 0 Å². The number of halogens is 2. The van der Waals surface area contributed by atoms with E-state index in [0.717, 1.165) is 0 Å². The Bertz CT molecular complexity index is 279. The molecule has 0 bridgehead atoms. The van der Waals surface area contributed by atoms with Crippen LogP contribution in [0.1, 0.15) is 25.5 Å². The van der Waals surface area contributed by atoms with E-state index in [1.807, 2.05) is 13.8 Å². The molecule has 0 aliphatic heterocycles. The zero-order chi connectivity index (χ0) is 10.0. The molecule has 1 unspecified atom stereocenters. The molecule has 0 saturated carbocycles. The largest absolute Gasteiger partial charge is 0.388 e. The van der Waals surface area contributed by atoms with Gasteiger partial charge in [0, 0.05) is 10.0 Å². The fourth-order valence-corrected chi connectivity index (χ4v) is 1.70. The summed E-state index contributed by atoms with van der Waals surface area (Å²) in [6.07, 6.45) is -0.754. The third-order valence-corrected chi connectivity index (χ3v) is 2.62. The fourth-order valence-electron chi connectivity index (χ4n) is 1.13. The van der Waals surface area contributed by atoms with Gasteiger partial charge in [-0.2, -0.15) is 0 Å². The Hall–Kier alpha value is -0.410. The van der Waals surface area contributed by atoms with Gasteiger partial charge < -0.3 is 5.11 Å². The Balaban J connectivity index is 3.12. The van der Waals surface area contributed by atoms with Crippen molar-refractivity contribution in [3.05, 3.63) is 34.1 Å². The standard InChI is InChI=1S/C10H12BrFO/c1-6(2)10(13)9-7(11)4-3-5-8(9)12/h3-6,10,13H,1-2H3. The lowest BCUT2D eigenvalue weighted by molar-refractivity contribution is 0.122. The van der Waals surface area contributed by atoms with E-state index in [4.69, 9.17) is 0 Å². The van der Waals surface area contributed by atoms with E-state index in [1.54, 1.807) is 12.1 Å². The van der Waals surface area contributed by atoms with Gasteiger partial charge in [0.15, 0.2) is 0 Å². The normalized spacial score (nSPS) is 13.4. The minimum Gasteiger partial charge on any atom is -0.388 e. The SMILES string of the molecule is CC(C)C(O)c1c(F)cccc1Br. The third kappa shape index (κ3) is 2.29. The molecule has 1 atom stereocenters. The smallest absolute Gasteiger partial charge is 0.130 e. The Labute approximate surface area is 85.7 Å². The molecule has 13 heavy (non-hydrogen) atoms. The summed E-state index contributed by atoms with van der Waals surface area (Å²) >= 11 is 3.22. The fraction of sp³-hybridized carbons (Fsp3) is 0.400. The van der Waals surface area contributed by atoms with E-state index in [2.05, 4.69) is 15.9 Å². The van der Waals surface area contributed by atoms with Crippen LogP contribution in [0, 0.1) is 11.7 Å². The molecule has 1 aromatic carbocycles. The average molecular weight is 247 g/mol. The molecule has 0 aromatic heterocycles. The maximum Gasteiger partial charge on any atom is 0.130 e. The molecule has 3 heteroatoms. The highest BCUT2D eigenvalue weighted by Gasteiger charge is 2.18. The average Bonchev–Trinajstić information content (AvgIpc) is 2.03. The summed E-state index contributed by atoms with van der Waals surface area (Å²) in [6, 6.07) is 4.69. The molecule has 0 spiro atoms. The maximum absolute atomic E-state index is 13.3. The minimum atomic E-state index is -0.754. The molecule has 72 valence electrons. The summed E-state index contributed by atoms with van der Waals surface area (Å²) in [7, 11) is 0. The Kier molecular flexibility index (Phi) is 3.45. The van der Waals surface area contributed by atoms with Crippen LogP contribution in [0.5, 0.6) is 0 Å². The lowest BCUT2D eigenvalue weighted by Crippen LogP contribution is -2.08. The van der Waals surface area contributed by atoms with E-state index in [9.17, 15) is 9.50 Å². The molecule has 1 aromatic rings. The number of rotatable bonds is 2. The van der Waals surface area contributed by atoms with Crippen molar-refractivity contribution in [3.8, 4) is 0 Å². The zero-order valence-corrected chi connectivity index (χ0v) is 9.18. The van der Waals surface area contributed by atoms with Crippen LogP contribution in [0.25, 0.3) is 0 Å². The molecular formula is C10H12BrFO. The first-order valence-electron chi connectivity index (χ1n) is 4.16. The van der Waals surface area contributed by atoms with E-state index in [1.165, 1.54) is 6.07 Å². The summed E-state index contributed by atoms with van der Waals surface area (Å²) in [5.41, 5.74) is 0.345. The van der Waals surface area contributed by atoms with E-state index in [0.29, 0.717) is 10.0 Å². The second-order valence-electron chi connectivity index (χ2n) is 3.32. The molecular weight excluding hydrogens is 235 g/mol. The molecule has 0 aliphatic rings. The summed E-state index contributed by atoms with van der Waals surface area (Å²) in [4.78, 5) is 0. The number of hydrogen-bond acceptors (Lipinski definition) is 1. The van der Waals surface area contributed by atoms with Crippen molar-refractivity contribution in [1.82, 2.24) is 0 Å². The van der Waals surface area contributed by atoms with Gasteiger partial charge in [-0.3, -0.25) is 0 Å². The highest BCUT2D eigenvalue weighted by molar-refractivity contribution is 9.10. The van der Waals surface area contributed by atoms with Gasteiger partial charge in [-0.05, 0) is 18.1 Å². The van der Waals surface area contributed by atoms with Crippen molar-refractivity contribution in [2.24, 2.45) is 5.92 Å². The van der Waals surface area contributed by atoms with Crippen LogP contribution in [-0.2, 0) is 0 Å². The van der Waals surface area contributed by atoms with Gasteiger partial charge in [0.25, 0.3) is 0 Å². The number of aliphatic hydroxyl groups excluding tert-OH is 1. The number of aliphatic hydroxyl groups is 1. The van der Waals surface area contributed by atoms with Crippen molar-refractivity contribution in [2.75, 3.05) is 0 Å². The Morgan fingerprint density at radius 1 is 1.38 bits per heavy atom. The van der Waals surface area contributed by atoms with Crippen LogP contribution in [0.4, 0.5) is 4.39 Å². The van der Waals surface area contributed by atoms with Crippen molar-refractivity contribution in [1.29, 1.82) is 0 Å². The molecule has 0 fully saturated rings. The first kappa shape index (κ1) is 10.7. The van der Waals surface area contributed by atoms with Crippen LogP contribution in [0.3, 0.4) is 0 Å². The van der Waals surface area contributed by atoms with Gasteiger partial charge in [0.1, 0.15) is 5.82 Å². The summed E-state index contributed by atoms with van der Waals surface area (Å²) in [5, 5.41) is 9.69. The molecule has 0 radical (unpaired) electrons. The number of hydrogen-bond donors (Lipinski definition) is 1. The van der Waals surface area contributed by atoms with Crippen LogP contribution in [-0.4, -0.2) is 5.11 Å². The molecule has 0 aliphatic carbocycles. The lowest BCUT2D eigenvalue weighted by Gasteiger charge is -2.16. The van der Waals surface area contributed by atoms with Crippen LogP contribution >= 0.6 is 15.9 Å². The molecule has 0 saturated heterocycles. The predicted molar refractivity (Wildman–Crippen MR) is 53.9 cm³/mol. The van der Waals surface area contributed by atoms with E-state index in [-0.39, 0.29) is 11.7 Å². The van der Waals surface area contributed by atoms with E-state index >= 15 is 0 Å². The van der Waals surface area contributed by atoms with Gasteiger partial charge in [0.05, 0.1) is 6.10 Å². The highest BCUT2D eigenvalue weighted by atomic mass is 79.9. The molecule has 0 heterocycles. The summed E-state index contributed by atoms with van der Waals surface area (Å²) in [5.74, 6) is -0.358. The number of benzene rings is 1. The van der Waals surface area contributed by atoms with Gasteiger partial charge in [0.2, 0.25) is 0 Å². The van der Waals surface area contributed by atoms with Gasteiger partial charge >= 0.3 is 0 Å². The maximum atomic E-state index is 13.3. The minimum absolute atomic E-state index is 0.00759. The van der Waals surface area contributed by atoms with Gasteiger partial charge in [-0.25, -0.2) is 4.39 Å². The summed E-state index contributed by atoms with van der Waals surface area (Å²) < 4.78 is 13.9. The Morgan fingerprint density at radius 2 is 2.00 bits per heavy atom. The molecule has 0 amide bonds. The molecule has 1 nitrogen and oxygen atoms in total. The topological polar surface area (TPSA) is 20.2 Å². The second-order valence-corrected chi connectivity index (χ2v) is 4.18. The van der Waals surface area contributed by atoms with Gasteiger partial charge in [-0.1, -0.05) is 35.8 Å². The highest BCUT2D eigenvalue weighted by Crippen LogP contribution is 2.30. The zero-order valence-electron chi connectivity index (χ0n) is 7.59. The first-order chi connectivity index (χ1) is 6.04. The third-order valence-electron chi connectivity index (χ3n) is 1.93. The van der Waals surface area contributed by atoms with Crippen LogP contribution in [0.15, 0.2) is 22.7 Å². The quantitative estimate of drug-likeness (QED) is 0.850. The lowest BCUT2D eigenvalue weighted by atomic mass is 9.99. The van der Waals surface area contributed by atoms with Crippen molar-refractivity contribution in [3.63, 3.8) is 0 Å². The first-order valence-corrected chi connectivity index (χ1v) is 4.95. The van der Waals surface area contributed by atoms with Crippen LogP contribution in [0.2, 0.25) is 0 Å². The van der Waals surface area contributed by atoms with E-state index < -0.39 is 6.10 Å². The molecule has 1 N–H and O–H groups in total. The van der Waals surface area contributed by atoms with Crippen molar-refractivity contribution >= 4 is 15.9 Å². The summed E-state index contributed by atoms with van der Waals surface area (Å²) in [6.45, 7) is 3.70. The van der Waals surface area contributed by atoms with Crippen molar-refractivity contribution in [2.45, 2.75) is 20.0 Å². The second kappa shape index (κ2) is 4.20. The monoisotopic (exact) mass is 246 g/mol.